The summed E-state index contributed by atoms with van der Waals surface area (Å²) in [6.45, 7) is 7.67. The Bertz CT molecular complexity index is 470. The molecule has 1 aromatic rings. The topological polar surface area (TPSA) is 49.4 Å². The number of carbonyl (C=O) groups excluding carboxylic acids is 2. The molecule has 5 heteroatoms. The molecule has 1 aromatic heterocycles. The molecule has 4 nitrogen and oxygen atoms in total. The van der Waals surface area contributed by atoms with Gasteiger partial charge in [-0.3, -0.25) is 9.59 Å². The van der Waals surface area contributed by atoms with Crippen LogP contribution in [0.5, 0.6) is 0 Å². The Morgan fingerprint density at radius 3 is 2.53 bits per heavy atom. The maximum atomic E-state index is 12.4. The monoisotopic (exact) mass is 280 g/mol. The van der Waals surface area contributed by atoms with Crippen molar-refractivity contribution in [2.45, 2.75) is 45.8 Å². The molecule has 1 N–H and O–H groups in total. The van der Waals surface area contributed by atoms with Crippen LogP contribution in [0.15, 0.2) is 16.8 Å². The van der Waals surface area contributed by atoms with Gasteiger partial charge < -0.3 is 10.2 Å². The van der Waals surface area contributed by atoms with Crippen LogP contribution in [0.4, 0.5) is 0 Å². The summed E-state index contributed by atoms with van der Waals surface area (Å²) in [6.07, 6.45) is 0. The van der Waals surface area contributed by atoms with E-state index in [1.807, 2.05) is 37.6 Å². The Morgan fingerprint density at radius 2 is 2.00 bits per heavy atom. The van der Waals surface area contributed by atoms with E-state index in [1.54, 1.807) is 23.2 Å². The van der Waals surface area contributed by atoms with Gasteiger partial charge in [-0.05, 0) is 42.2 Å². The van der Waals surface area contributed by atoms with E-state index in [2.05, 4.69) is 5.32 Å². The maximum absolute atomic E-state index is 12.4. The zero-order valence-electron chi connectivity index (χ0n) is 11.7. The van der Waals surface area contributed by atoms with Crippen molar-refractivity contribution in [1.82, 2.24) is 10.2 Å². The fourth-order valence-electron chi connectivity index (χ4n) is 2.58. The molecule has 2 amide bonds. The van der Waals surface area contributed by atoms with Crippen molar-refractivity contribution in [2.24, 2.45) is 5.92 Å². The van der Waals surface area contributed by atoms with E-state index in [9.17, 15) is 9.59 Å². The minimum atomic E-state index is -0.441. The fraction of sp³-hybridized carbons (Fsp3) is 0.571. The number of nitrogens with one attached hydrogen (secondary N) is 1. The van der Waals surface area contributed by atoms with Crippen molar-refractivity contribution in [1.29, 1.82) is 0 Å². The SMILES string of the molecule is CC1NC(=O)C(C(C)C)N(C(C)c2ccsc2)C1=O. The number of piperazine rings is 1. The first-order chi connectivity index (χ1) is 8.93. The summed E-state index contributed by atoms with van der Waals surface area (Å²) < 4.78 is 0. The number of hydrogen-bond donors (Lipinski definition) is 1. The summed E-state index contributed by atoms with van der Waals surface area (Å²) in [7, 11) is 0. The van der Waals surface area contributed by atoms with Crippen LogP contribution in [0.3, 0.4) is 0 Å². The van der Waals surface area contributed by atoms with Crippen LogP contribution >= 0.6 is 11.3 Å². The predicted octanol–water partition coefficient (Wildman–Crippen LogP) is 2.18. The lowest BCUT2D eigenvalue weighted by molar-refractivity contribution is -0.153. The third-order valence-electron chi connectivity index (χ3n) is 3.63. The Balaban J connectivity index is 2.36. The molecule has 2 rings (SSSR count). The first-order valence-corrected chi connectivity index (χ1v) is 7.52. The summed E-state index contributed by atoms with van der Waals surface area (Å²) in [4.78, 5) is 26.4. The van der Waals surface area contributed by atoms with Crippen LogP contribution in [0.25, 0.3) is 0 Å². The lowest BCUT2D eigenvalue weighted by Crippen LogP contribution is -2.64. The summed E-state index contributed by atoms with van der Waals surface area (Å²) >= 11 is 1.61. The van der Waals surface area contributed by atoms with Crippen LogP contribution in [-0.4, -0.2) is 28.8 Å². The molecule has 19 heavy (non-hydrogen) atoms. The molecule has 3 unspecified atom stereocenters. The first-order valence-electron chi connectivity index (χ1n) is 6.58. The Hall–Kier alpha value is -1.36. The van der Waals surface area contributed by atoms with Crippen molar-refractivity contribution >= 4 is 23.2 Å². The summed E-state index contributed by atoms with van der Waals surface area (Å²) in [5.41, 5.74) is 1.09. The van der Waals surface area contributed by atoms with Crippen molar-refractivity contribution in [3.63, 3.8) is 0 Å². The number of rotatable bonds is 3. The summed E-state index contributed by atoms with van der Waals surface area (Å²) in [5.74, 6) is 0.0405. The molecular formula is C14H20N2O2S. The summed E-state index contributed by atoms with van der Waals surface area (Å²) in [5, 5.41) is 6.79. The second kappa shape index (κ2) is 5.33. The standard InChI is InChI=1S/C14H20N2O2S/c1-8(2)12-13(17)15-9(3)14(18)16(12)10(4)11-5-6-19-7-11/h5-10,12H,1-4H3,(H,15,17). The van der Waals surface area contributed by atoms with E-state index in [0.717, 1.165) is 5.56 Å². The van der Waals surface area contributed by atoms with Gasteiger partial charge in [-0.15, -0.1) is 0 Å². The van der Waals surface area contributed by atoms with Gasteiger partial charge in [0.1, 0.15) is 12.1 Å². The van der Waals surface area contributed by atoms with Crippen LogP contribution in [0.2, 0.25) is 0 Å². The third kappa shape index (κ3) is 2.52. The van der Waals surface area contributed by atoms with E-state index >= 15 is 0 Å². The van der Waals surface area contributed by atoms with Crippen LogP contribution in [0.1, 0.15) is 39.3 Å². The highest BCUT2D eigenvalue weighted by Gasteiger charge is 2.42. The van der Waals surface area contributed by atoms with E-state index in [0.29, 0.717) is 0 Å². The lowest BCUT2D eigenvalue weighted by Gasteiger charge is -2.43. The van der Waals surface area contributed by atoms with Crippen molar-refractivity contribution < 1.29 is 9.59 Å². The Morgan fingerprint density at radius 1 is 1.32 bits per heavy atom. The van der Waals surface area contributed by atoms with Gasteiger partial charge in [-0.25, -0.2) is 0 Å². The van der Waals surface area contributed by atoms with Gasteiger partial charge in [0, 0.05) is 0 Å². The van der Waals surface area contributed by atoms with Gasteiger partial charge in [0.15, 0.2) is 0 Å². The molecule has 0 aliphatic carbocycles. The highest BCUT2D eigenvalue weighted by atomic mass is 32.1. The van der Waals surface area contributed by atoms with Crippen molar-refractivity contribution in [2.75, 3.05) is 0 Å². The third-order valence-corrected chi connectivity index (χ3v) is 4.33. The lowest BCUT2D eigenvalue weighted by atomic mass is 9.94. The molecule has 0 bridgehead atoms. The van der Waals surface area contributed by atoms with Gasteiger partial charge in [0.25, 0.3) is 0 Å². The molecule has 1 fully saturated rings. The Kier molecular flexibility index (Phi) is 3.94. The quantitative estimate of drug-likeness (QED) is 0.922. The normalized spacial score (nSPS) is 25.6. The second-order valence-corrected chi connectivity index (χ2v) is 6.18. The number of thiophene rings is 1. The molecule has 1 aliphatic rings. The molecule has 0 radical (unpaired) electrons. The molecule has 0 saturated carbocycles. The zero-order chi connectivity index (χ0) is 14.2. The van der Waals surface area contributed by atoms with E-state index in [4.69, 9.17) is 0 Å². The molecule has 0 aromatic carbocycles. The van der Waals surface area contributed by atoms with E-state index < -0.39 is 12.1 Å². The van der Waals surface area contributed by atoms with Gasteiger partial charge in [-0.1, -0.05) is 13.8 Å². The molecule has 1 aliphatic heterocycles. The number of hydrogen-bond acceptors (Lipinski definition) is 3. The highest BCUT2D eigenvalue weighted by molar-refractivity contribution is 7.07. The maximum Gasteiger partial charge on any atom is 0.246 e. The van der Waals surface area contributed by atoms with Gasteiger partial charge >= 0.3 is 0 Å². The van der Waals surface area contributed by atoms with Crippen molar-refractivity contribution in [3.8, 4) is 0 Å². The van der Waals surface area contributed by atoms with E-state index in [-0.39, 0.29) is 23.8 Å². The van der Waals surface area contributed by atoms with Gasteiger partial charge in [0.05, 0.1) is 6.04 Å². The van der Waals surface area contributed by atoms with E-state index in [1.165, 1.54) is 0 Å². The number of carbonyl (C=O) groups is 2. The molecule has 2 heterocycles. The van der Waals surface area contributed by atoms with Gasteiger partial charge in [0.2, 0.25) is 11.8 Å². The number of amides is 2. The van der Waals surface area contributed by atoms with Crippen LogP contribution in [0, 0.1) is 5.92 Å². The number of nitrogens with zero attached hydrogens (tertiary/aromatic N) is 1. The fourth-order valence-corrected chi connectivity index (χ4v) is 3.32. The average Bonchev–Trinajstić information content (AvgIpc) is 2.85. The second-order valence-electron chi connectivity index (χ2n) is 5.40. The molecule has 0 spiro atoms. The van der Waals surface area contributed by atoms with Crippen LogP contribution in [-0.2, 0) is 9.59 Å². The molecule has 3 atom stereocenters. The smallest absolute Gasteiger partial charge is 0.246 e. The van der Waals surface area contributed by atoms with Crippen LogP contribution < -0.4 is 5.32 Å². The molecular weight excluding hydrogens is 260 g/mol. The largest absolute Gasteiger partial charge is 0.343 e. The van der Waals surface area contributed by atoms with Gasteiger partial charge in [-0.2, -0.15) is 11.3 Å². The zero-order valence-corrected chi connectivity index (χ0v) is 12.5. The minimum absolute atomic E-state index is 0.00278. The molecule has 104 valence electrons. The summed E-state index contributed by atoms with van der Waals surface area (Å²) in [6, 6.07) is 1.11. The molecule has 1 saturated heterocycles. The minimum Gasteiger partial charge on any atom is -0.343 e. The van der Waals surface area contributed by atoms with Crippen molar-refractivity contribution in [3.05, 3.63) is 22.4 Å². The predicted molar refractivity (Wildman–Crippen MR) is 75.8 cm³/mol. The first kappa shape index (κ1) is 14.1. The average molecular weight is 280 g/mol. The highest BCUT2D eigenvalue weighted by Crippen LogP contribution is 2.29. The Labute approximate surface area is 117 Å².